The molecular weight excluding hydrogens is 278 g/mol. The normalized spacial score (nSPS) is 16.9. The lowest BCUT2D eigenvalue weighted by Gasteiger charge is -2.33. The third kappa shape index (κ3) is 4.59. The first-order valence-corrected chi connectivity index (χ1v) is 7.10. The second-order valence-corrected chi connectivity index (χ2v) is 4.87. The summed E-state index contributed by atoms with van der Waals surface area (Å²) in [5, 5.41) is 14.2. The molecule has 1 aliphatic heterocycles. The summed E-state index contributed by atoms with van der Waals surface area (Å²) in [5.74, 6) is -1.29. The molecule has 8 heteroatoms. The molecule has 3 amide bonds. The highest BCUT2D eigenvalue weighted by Gasteiger charge is 2.41. The van der Waals surface area contributed by atoms with E-state index >= 15 is 0 Å². The average Bonchev–Trinajstić information content (AvgIpc) is 2.47. The number of carboxylic acid groups (broad SMARTS) is 1. The molecule has 1 rings (SSSR count). The molecule has 3 N–H and O–H groups in total. The van der Waals surface area contributed by atoms with E-state index in [0.29, 0.717) is 13.1 Å². The van der Waals surface area contributed by atoms with Crippen LogP contribution in [0.25, 0.3) is 0 Å². The number of aliphatic carboxylic acids is 1. The van der Waals surface area contributed by atoms with Crippen molar-refractivity contribution in [3.05, 3.63) is 0 Å². The van der Waals surface area contributed by atoms with Gasteiger partial charge in [-0.2, -0.15) is 0 Å². The lowest BCUT2D eigenvalue weighted by atomic mass is 9.90. The van der Waals surface area contributed by atoms with Gasteiger partial charge in [-0.25, -0.2) is 9.59 Å². The van der Waals surface area contributed by atoms with Crippen molar-refractivity contribution in [2.24, 2.45) is 0 Å². The first-order chi connectivity index (χ1) is 9.95. The molecular formula is C13H23N3O5. The molecule has 1 fully saturated rings. The van der Waals surface area contributed by atoms with Gasteiger partial charge in [0, 0.05) is 39.1 Å². The minimum atomic E-state index is -1.32. The Kier molecular flexibility index (Phi) is 6.41. The van der Waals surface area contributed by atoms with Gasteiger partial charge in [-0.15, -0.1) is 0 Å². The monoisotopic (exact) mass is 301 g/mol. The number of nitrogens with zero attached hydrogens (tertiary/aromatic N) is 1. The zero-order valence-corrected chi connectivity index (χ0v) is 12.5. The average molecular weight is 301 g/mol. The molecule has 0 radical (unpaired) electrons. The molecule has 0 aromatic heterocycles. The zero-order chi connectivity index (χ0) is 15.9. The predicted molar refractivity (Wildman–Crippen MR) is 74.9 cm³/mol. The molecule has 21 heavy (non-hydrogen) atoms. The molecule has 1 saturated heterocycles. The molecule has 120 valence electrons. The van der Waals surface area contributed by atoms with Crippen molar-refractivity contribution in [3.63, 3.8) is 0 Å². The second kappa shape index (κ2) is 7.82. The van der Waals surface area contributed by atoms with Crippen LogP contribution in [0.15, 0.2) is 0 Å². The number of carboxylic acids is 1. The minimum absolute atomic E-state index is 0.153. The lowest BCUT2D eigenvalue weighted by Crippen LogP contribution is -2.60. The van der Waals surface area contributed by atoms with Crippen LogP contribution in [-0.4, -0.2) is 66.3 Å². The Morgan fingerprint density at radius 1 is 1.19 bits per heavy atom. The quantitative estimate of drug-likeness (QED) is 0.629. The van der Waals surface area contributed by atoms with Crippen LogP contribution in [0, 0.1) is 0 Å². The van der Waals surface area contributed by atoms with Crippen molar-refractivity contribution in [2.45, 2.75) is 32.2 Å². The van der Waals surface area contributed by atoms with Gasteiger partial charge in [-0.05, 0) is 13.8 Å². The van der Waals surface area contributed by atoms with E-state index in [1.54, 1.807) is 4.90 Å². The Balaban J connectivity index is 2.51. The molecule has 0 unspecified atom stereocenters. The summed E-state index contributed by atoms with van der Waals surface area (Å²) in [6.07, 6.45) is 0.416. The molecule has 0 aromatic rings. The molecule has 0 bridgehead atoms. The summed E-state index contributed by atoms with van der Waals surface area (Å²) in [6.45, 7) is 5.24. The number of urea groups is 1. The second-order valence-electron chi connectivity index (χ2n) is 4.87. The van der Waals surface area contributed by atoms with E-state index in [0.717, 1.165) is 0 Å². The molecule has 0 aliphatic carbocycles. The van der Waals surface area contributed by atoms with Crippen LogP contribution in [0.3, 0.4) is 0 Å². The number of hydrogen-bond acceptors (Lipinski definition) is 4. The van der Waals surface area contributed by atoms with Gasteiger partial charge in [-0.1, -0.05) is 0 Å². The number of amides is 3. The smallest absolute Gasteiger partial charge is 0.329 e. The van der Waals surface area contributed by atoms with Gasteiger partial charge >= 0.3 is 12.0 Å². The SMILES string of the molecule is CCN(CC)C(=O)CNC(=O)NC1(C(=O)O)CCOCC1. The summed E-state index contributed by atoms with van der Waals surface area (Å²) in [5.41, 5.74) is -1.32. The summed E-state index contributed by atoms with van der Waals surface area (Å²) in [4.78, 5) is 36.6. The van der Waals surface area contributed by atoms with Crippen molar-refractivity contribution >= 4 is 17.9 Å². The summed E-state index contributed by atoms with van der Waals surface area (Å²) in [7, 11) is 0. The first-order valence-electron chi connectivity index (χ1n) is 7.10. The maximum atomic E-state index is 11.8. The van der Waals surface area contributed by atoms with Gasteiger partial charge in [0.25, 0.3) is 0 Å². The van der Waals surface area contributed by atoms with Crippen LogP contribution in [-0.2, 0) is 14.3 Å². The fourth-order valence-corrected chi connectivity index (χ4v) is 2.22. The Morgan fingerprint density at radius 3 is 2.24 bits per heavy atom. The van der Waals surface area contributed by atoms with Gasteiger partial charge in [0.1, 0.15) is 5.54 Å². The third-order valence-electron chi connectivity index (χ3n) is 3.62. The maximum Gasteiger partial charge on any atom is 0.329 e. The van der Waals surface area contributed by atoms with Gasteiger partial charge in [-0.3, -0.25) is 4.79 Å². The Bertz CT molecular complexity index is 389. The van der Waals surface area contributed by atoms with E-state index in [4.69, 9.17) is 4.74 Å². The van der Waals surface area contributed by atoms with Crippen molar-refractivity contribution in [2.75, 3.05) is 32.8 Å². The Hall–Kier alpha value is -1.83. The highest BCUT2D eigenvalue weighted by Crippen LogP contribution is 2.20. The van der Waals surface area contributed by atoms with Crippen molar-refractivity contribution in [1.82, 2.24) is 15.5 Å². The van der Waals surface area contributed by atoms with E-state index in [1.165, 1.54) is 0 Å². The Morgan fingerprint density at radius 2 is 1.76 bits per heavy atom. The van der Waals surface area contributed by atoms with Crippen LogP contribution < -0.4 is 10.6 Å². The number of carbonyl (C=O) groups excluding carboxylic acids is 2. The van der Waals surface area contributed by atoms with Crippen molar-refractivity contribution in [3.8, 4) is 0 Å². The van der Waals surface area contributed by atoms with E-state index in [-0.39, 0.29) is 38.5 Å². The summed E-state index contributed by atoms with van der Waals surface area (Å²) in [6, 6.07) is -0.653. The standard InChI is InChI=1S/C13H23N3O5/c1-3-16(4-2)10(17)9-14-12(20)15-13(11(18)19)5-7-21-8-6-13/h3-9H2,1-2H3,(H,18,19)(H2,14,15,20). The molecule has 1 heterocycles. The van der Waals surface area contributed by atoms with Crippen LogP contribution in [0.5, 0.6) is 0 Å². The van der Waals surface area contributed by atoms with Gasteiger partial charge in [0.2, 0.25) is 5.91 Å². The van der Waals surface area contributed by atoms with Gasteiger partial charge in [0.15, 0.2) is 0 Å². The van der Waals surface area contributed by atoms with Crippen LogP contribution >= 0.6 is 0 Å². The molecule has 0 atom stereocenters. The number of nitrogens with one attached hydrogen (secondary N) is 2. The Labute approximate surface area is 123 Å². The van der Waals surface area contributed by atoms with E-state index in [1.807, 2.05) is 13.8 Å². The van der Waals surface area contributed by atoms with Crippen LogP contribution in [0.4, 0.5) is 4.79 Å². The number of ether oxygens (including phenoxy) is 1. The number of rotatable bonds is 6. The predicted octanol–water partition coefficient (Wildman–Crippen LogP) is -0.212. The molecule has 0 saturated carbocycles. The fraction of sp³-hybridized carbons (Fsp3) is 0.769. The van der Waals surface area contributed by atoms with Crippen LogP contribution in [0.2, 0.25) is 0 Å². The molecule has 0 spiro atoms. The summed E-state index contributed by atoms with van der Waals surface area (Å²) < 4.78 is 5.12. The van der Waals surface area contributed by atoms with E-state index in [9.17, 15) is 19.5 Å². The fourth-order valence-electron chi connectivity index (χ4n) is 2.22. The number of carbonyl (C=O) groups is 3. The van der Waals surface area contributed by atoms with Crippen LogP contribution in [0.1, 0.15) is 26.7 Å². The highest BCUT2D eigenvalue weighted by atomic mass is 16.5. The van der Waals surface area contributed by atoms with Gasteiger partial charge < -0.3 is 25.4 Å². The van der Waals surface area contributed by atoms with Crippen molar-refractivity contribution in [1.29, 1.82) is 0 Å². The number of hydrogen-bond donors (Lipinski definition) is 3. The van der Waals surface area contributed by atoms with E-state index < -0.39 is 17.5 Å². The summed E-state index contributed by atoms with van der Waals surface area (Å²) >= 11 is 0. The maximum absolute atomic E-state index is 11.8. The lowest BCUT2D eigenvalue weighted by molar-refractivity contribution is -0.148. The molecule has 0 aromatic carbocycles. The number of likely N-dealkylation sites (N-methyl/N-ethyl adjacent to an activating group) is 1. The zero-order valence-electron chi connectivity index (χ0n) is 12.5. The van der Waals surface area contributed by atoms with Gasteiger partial charge in [0.05, 0.1) is 6.54 Å². The third-order valence-corrected chi connectivity index (χ3v) is 3.62. The first kappa shape index (κ1) is 17.2. The molecule has 1 aliphatic rings. The minimum Gasteiger partial charge on any atom is -0.480 e. The largest absolute Gasteiger partial charge is 0.480 e. The van der Waals surface area contributed by atoms with E-state index in [2.05, 4.69) is 10.6 Å². The topological polar surface area (TPSA) is 108 Å². The van der Waals surface area contributed by atoms with Crippen molar-refractivity contribution < 1.29 is 24.2 Å². The highest BCUT2D eigenvalue weighted by molar-refractivity contribution is 5.88. The molecule has 8 nitrogen and oxygen atoms in total.